The molecule has 2 aliphatic heterocycles. The third kappa shape index (κ3) is 4.45. The zero-order chi connectivity index (χ0) is 21.3. The van der Waals surface area contributed by atoms with Crippen molar-refractivity contribution in [2.24, 2.45) is 11.8 Å². The highest BCUT2D eigenvalue weighted by atomic mass is 32.2. The average Bonchev–Trinajstić information content (AvgIpc) is 2.95. The van der Waals surface area contributed by atoms with E-state index in [1.165, 1.54) is 16.1 Å². The number of rotatable bonds is 5. The molecule has 0 aromatic carbocycles. The number of imide groups is 1. The maximum atomic E-state index is 12.6. The number of carbonyl (C=O) groups excluding carboxylic acids is 4. The molecule has 2 unspecified atom stereocenters. The van der Waals surface area contributed by atoms with Crippen LogP contribution in [-0.4, -0.2) is 91.3 Å². The lowest BCUT2D eigenvalue weighted by Gasteiger charge is -2.33. The zero-order valence-corrected chi connectivity index (χ0v) is 17.5. The minimum Gasteiger partial charge on any atom is -0.454 e. The first-order valence-electron chi connectivity index (χ1n) is 9.87. The summed E-state index contributed by atoms with van der Waals surface area (Å²) in [6.45, 7) is 1.73. The van der Waals surface area contributed by atoms with Crippen molar-refractivity contribution in [2.45, 2.75) is 38.6 Å². The van der Waals surface area contributed by atoms with Crippen molar-refractivity contribution in [3.05, 3.63) is 0 Å². The topological polar surface area (TPSA) is 121 Å². The molecule has 0 spiro atoms. The van der Waals surface area contributed by atoms with Crippen molar-refractivity contribution in [1.82, 2.24) is 14.1 Å². The molecule has 0 aromatic heterocycles. The molecule has 29 heavy (non-hydrogen) atoms. The monoisotopic (exact) mass is 429 g/mol. The summed E-state index contributed by atoms with van der Waals surface area (Å²) < 4.78 is 29.4. The van der Waals surface area contributed by atoms with Crippen LogP contribution in [0.15, 0.2) is 0 Å². The number of amides is 3. The van der Waals surface area contributed by atoms with E-state index in [1.807, 2.05) is 0 Å². The average molecular weight is 429 g/mol. The molecule has 0 radical (unpaired) electrons. The van der Waals surface area contributed by atoms with Crippen LogP contribution in [0.25, 0.3) is 0 Å². The summed E-state index contributed by atoms with van der Waals surface area (Å²) in [6.07, 6.45) is 4.23. The second kappa shape index (κ2) is 8.39. The van der Waals surface area contributed by atoms with Gasteiger partial charge in [0.2, 0.25) is 21.8 Å². The molecule has 0 bridgehead atoms. The van der Waals surface area contributed by atoms with E-state index in [0.717, 1.165) is 24.0 Å². The molecule has 3 amide bonds. The van der Waals surface area contributed by atoms with Crippen LogP contribution in [0.1, 0.15) is 32.6 Å². The van der Waals surface area contributed by atoms with Crippen LogP contribution < -0.4 is 0 Å². The van der Waals surface area contributed by atoms with Crippen LogP contribution in [0, 0.1) is 11.8 Å². The number of likely N-dealkylation sites (tertiary alicyclic amines) is 1. The van der Waals surface area contributed by atoms with Gasteiger partial charge in [0.1, 0.15) is 6.04 Å². The number of hydrogen-bond donors (Lipinski definition) is 0. The summed E-state index contributed by atoms with van der Waals surface area (Å²) in [5.41, 5.74) is 0. The number of piperazine rings is 1. The normalized spacial score (nSPS) is 27.0. The van der Waals surface area contributed by atoms with E-state index in [2.05, 4.69) is 0 Å². The Hall–Kier alpha value is -2.01. The van der Waals surface area contributed by atoms with Gasteiger partial charge >= 0.3 is 5.97 Å². The Kier molecular flexibility index (Phi) is 6.27. The van der Waals surface area contributed by atoms with Gasteiger partial charge in [0.05, 0.1) is 18.1 Å². The zero-order valence-electron chi connectivity index (χ0n) is 16.7. The molecule has 10 nitrogen and oxygen atoms in total. The Balaban J connectivity index is 1.51. The van der Waals surface area contributed by atoms with E-state index >= 15 is 0 Å². The number of ether oxygens (including phenoxy) is 1. The molecular formula is C18H27N3O7S. The van der Waals surface area contributed by atoms with Gasteiger partial charge in [0.25, 0.3) is 5.91 Å². The summed E-state index contributed by atoms with van der Waals surface area (Å²) in [7, 11) is -3.30. The second-order valence-electron chi connectivity index (χ2n) is 7.87. The smallest absolute Gasteiger partial charge is 0.329 e. The predicted molar refractivity (Wildman–Crippen MR) is 101 cm³/mol. The molecule has 3 rings (SSSR count). The van der Waals surface area contributed by atoms with Gasteiger partial charge in [-0.05, 0) is 19.8 Å². The lowest BCUT2D eigenvalue weighted by molar-refractivity contribution is -0.161. The van der Waals surface area contributed by atoms with Crippen molar-refractivity contribution in [1.29, 1.82) is 0 Å². The fourth-order valence-corrected chi connectivity index (χ4v) is 5.12. The molecule has 1 saturated carbocycles. The Morgan fingerprint density at radius 1 is 1.03 bits per heavy atom. The lowest BCUT2D eigenvalue weighted by Crippen LogP contribution is -2.51. The predicted octanol–water partition coefficient (Wildman–Crippen LogP) is -0.803. The van der Waals surface area contributed by atoms with Crippen molar-refractivity contribution < 1.29 is 32.3 Å². The maximum Gasteiger partial charge on any atom is 0.329 e. The van der Waals surface area contributed by atoms with Crippen LogP contribution in [0.3, 0.4) is 0 Å². The van der Waals surface area contributed by atoms with Gasteiger partial charge in [0, 0.05) is 26.2 Å². The first kappa shape index (κ1) is 21.7. The van der Waals surface area contributed by atoms with Gasteiger partial charge in [-0.3, -0.25) is 19.3 Å². The number of fused-ring (bicyclic) bond motifs is 1. The minimum atomic E-state index is -3.30. The third-order valence-corrected chi connectivity index (χ3v) is 7.31. The number of nitrogens with zero attached hydrogens (tertiary/aromatic N) is 3. The first-order chi connectivity index (χ1) is 13.6. The van der Waals surface area contributed by atoms with Crippen LogP contribution in [0.2, 0.25) is 0 Å². The third-order valence-electron chi connectivity index (χ3n) is 6.00. The summed E-state index contributed by atoms with van der Waals surface area (Å²) >= 11 is 0. The number of sulfonamides is 1. The summed E-state index contributed by atoms with van der Waals surface area (Å²) in [4.78, 5) is 52.2. The fourth-order valence-electron chi connectivity index (χ4n) is 4.29. The fraction of sp³-hybridized carbons (Fsp3) is 0.778. The summed E-state index contributed by atoms with van der Waals surface area (Å²) in [6, 6.07) is -1.07. The van der Waals surface area contributed by atoms with Gasteiger partial charge in [-0.1, -0.05) is 12.8 Å². The van der Waals surface area contributed by atoms with Crippen molar-refractivity contribution in [2.75, 3.05) is 39.0 Å². The van der Waals surface area contributed by atoms with E-state index < -0.39 is 34.5 Å². The molecule has 1 aliphatic carbocycles. The molecule has 2 heterocycles. The molecule has 2 saturated heterocycles. The van der Waals surface area contributed by atoms with Gasteiger partial charge in [-0.25, -0.2) is 13.2 Å². The van der Waals surface area contributed by atoms with Gasteiger partial charge in [-0.2, -0.15) is 4.31 Å². The Morgan fingerprint density at radius 3 is 2.03 bits per heavy atom. The molecule has 0 aromatic rings. The number of hydrogen-bond acceptors (Lipinski definition) is 7. The van der Waals surface area contributed by atoms with E-state index in [1.54, 1.807) is 0 Å². The Bertz CT molecular complexity index is 780. The molecule has 162 valence electrons. The molecule has 3 aliphatic rings. The summed E-state index contributed by atoms with van der Waals surface area (Å²) in [5, 5.41) is 0. The van der Waals surface area contributed by atoms with Crippen LogP contribution in [-0.2, 0) is 33.9 Å². The van der Waals surface area contributed by atoms with E-state index in [-0.39, 0.29) is 49.8 Å². The highest BCUT2D eigenvalue weighted by Crippen LogP contribution is 2.38. The molecule has 0 N–H and O–H groups in total. The molecule has 3 atom stereocenters. The minimum absolute atomic E-state index is 0.189. The van der Waals surface area contributed by atoms with Crippen LogP contribution >= 0.6 is 0 Å². The van der Waals surface area contributed by atoms with Crippen molar-refractivity contribution in [3.63, 3.8) is 0 Å². The van der Waals surface area contributed by atoms with Crippen LogP contribution in [0.5, 0.6) is 0 Å². The second-order valence-corrected chi connectivity index (χ2v) is 9.85. The van der Waals surface area contributed by atoms with Crippen LogP contribution in [0.4, 0.5) is 0 Å². The standard InChI is InChI=1S/C18H27N3O7S/c1-12(21-16(23)13-5-3-4-6-14(13)17(21)24)18(25)28-11-15(22)19-7-9-20(10-8-19)29(2,26)27/h12-14H,3-11H2,1-2H3/t12-,13?,14?/m0/s1. The molecular weight excluding hydrogens is 402 g/mol. The largest absolute Gasteiger partial charge is 0.454 e. The highest BCUT2D eigenvalue weighted by Gasteiger charge is 2.51. The maximum absolute atomic E-state index is 12.6. The van der Waals surface area contributed by atoms with E-state index in [0.29, 0.717) is 12.8 Å². The van der Waals surface area contributed by atoms with E-state index in [9.17, 15) is 27.6 Å². The Morgan fingerprint density at radius 2 is 1.55 bits per heavy atom. The van der Waals surface area contributed by atoms with Gasteiger partial charge in [-0.15, -0.1) is 0 Å². The lowest BCUT2D eigenvalue weighted by atomic mass is 9.81. The van der Waals surface area contributed by atoms with E-state index in [4.69, 9.17) is 4.74 Å². The first-order valence-corrected chi connectivity index (χ1v) is 11.7. The SMILES string of the molecule is C[C@@H](C(=O)OCC(=O)N1CCN(S(C)(=O)=O)CC1)N1C(=O)C2CCCCC2C1=O. The molecule has 3 fully saturated rings. The molecule has 11 heteroatoms. The van der Waals surface area contributed by atoms with Crippen molar-refractivity contribution in [3.8, 4) is 0 Å². The Labute approximate surface area is 170 Å². The highest BCUT2D eigenvalue weighted by molar-refractivity contribution is 7.88. The van der Waals surface area contributed by atoms with Gasteiger partial charge < -0.3 is 9.64 Å². The number of carbonyl (C=O) groups is 4. The van der Waals surface area contributed by atoms with Crippen molar-refractivity contribution >= 4 is 33.7 Å². The summed E-state index contributed by atoms with van der Waals surface area (Å²) in [5.74, 6) is -2.58. The van der Waals surface area contributed by atoms with Gasteiger partial charge in [0.15, 0.2) is 6.61 Å². The quantitative estimate of drug-likeness (QED) is 0.414. The number of esters is 1.